The summed E-state index contributed by atoms with van der Waals surface area (Å²) in [4.78, 5) is 15.8. The second-order valence-electron chi connectivity index (χ2n) is 6.64. The summed E-state index contributed by atoms with van der Waals surface area (Å²) in [7, 11) is 0. The Morgan fingerprint density at radius 2 is 1.73 bits per heavy atom. The molecule has 0 atom stereocenters. The number of carbonyl (C=O) groups is 1. The van der Waals surface area contributed by atoms with Crippen LogP contribution in [-0.2, 0) is 9.53 Å². The highest BCUT2D eigenvalue weighted by molar-refractivity contribution is 7.80. The minimum absolute atomic E-state index is 0.0621. The number of ether oxygens (including phenoxy) is 1. The summed E-state index contributed by atoms with van der Waals surface area (Å²) in [6.45, 7) is 5.76. The van der Waals surface area contributed by atoms with Crippen molar-refractivity contribution in [2.45, 2.75) is 6.92 Å². The number of amides is 1. The zero-order valence-corrected chi connectivity index (χ0v) is 15.5. The highest BCUT2D eigenvalue weighted by atomic mass is 32.1. The number of aryl methyl sites for hydroxylation is 1. The lowest BCUT2D eigenvalue weighted by Crippen LogP contribution is -2.36. The van der Waals surface area contributed by atoms with Crippen LogP contribution < -0.4 is 15.1 Å². The topological polar surface area (TPSA) is 44.8 Å². The van der Waals surface area contributed by atoms with E-state index in [1.807, 2.05) is 4.90 Å². The Morgan fingerprint density at radius 1 is 1.00 bits per heavy atom. The summed E-state index contributed by atoms with van der Waals surface area (Å²) in [5.74, 6) is -0.0621. The smallest absolute Gasteiger partial charge is 0.246 e. The van der Waals surface area contributed by atoms with Gasteiger partial charge in [0.1, 0.15) is 6.54 Å². The van der Waals surface area contributed by atoms with Gasteiger partial charge in [0.25, 0.3) is 0 Å². The molecule has 0 bridgehead atoms. The molecule has 1 N–H and O–H groups in total. The van der Waals surface area contributed by atoms with Crippen molar-refractivity contribution in [3.8, 4) is 11.1 Å². The third-order valence-electron chi connectivity index (χ3n) is 4.74. The van der Waals surface area contributed by atoms with Crippen LogP contribution in [0.1, 0.15) is 5.56 Å². The number of rotatable bonds is 3. The fraction of sp³-hybridized carbons (Fsp3) is 0.300. The van der Waals surface area contributed by atoms with Gasteiger partial charge in [-0.05, 0) is 60.1 Å². The number of nitrogens with zero attached hydrogens (tertiary/aromatic N) is 2. The van der Waals surface area contributed by atoms with Gasteiger partial charge in [-0.25, -0.2) is 0 Å². The molecule has 2 heterocycles. The van der Waals surface area contributed by atoms with Crippen LogP contribution >= 0.6 is 12.2 Å². The largest absolute Gasteiger partial charge is 0.378 e. The average Bonchev–Trinajstić information content (AvgIpc) is 3.00. The van der Waals surface area contributed by atoms with E-state index < -0.39 is 0 Å². The van der Waals surface area contributed by atoms with Crippen molar-refractivity contribution >= 4 is 34.6 Å². The fourth-order valence-corrected chi connectivity index (χ4v) is 3.71. The maximum absolute atomic E-state index is 11.6. The van der Waals surface area contributed by atoms with Crippen molar-refractivity contribution in [3.05, 3.63) is 48.0 Å². The zero-order chi connectivity index (χ0) is 18.1. The SMILES string of the molecule is Cc1cc(-c2ccc(N3CCOCC3)cc2)cc(N2CC(=O)NC2=S)c1. The van der Waals surface area contributed by atoms with Crippen molar-refractivity contribution in [1.29, 1.82) is 0 Å². The number of morpholine rings is 1. The second-order valence-corrected chi connectivity index (χ2v) is 7.03. The predicted octanol–water partition coefficient (Wildman–Crippen LogP) is 2.72. The quantitative estimate of drug-likeness (QED) is 0.845. The van der Waals surface area contributed by atoms with Crippen molar-refractivity contribution in [2.75, 3.05) is 42.6 Å². The fourth-order valence-electron chi connectivity index (χ4n) is 3.42. The molecule has 2 aliphatic rings. The monoisotopic (exact) mass is 367 g/mol. The van der Waals surface area contributed by atoms with Crippen molar-refractivity contribution in [3.63, 3.8) is 0 Å². The molecule has 26 heavy (non-hydrogen) atoms. The first kappa shape index (κ1) is 17.0. The molecule has 5 nitrogen and oxygen atoms in total. The molecule has 0 aromatic heterocycles. The molecule has 6 heteroatoms. The third-order valence-corrected chi connectivity index (χ3v) is 5.07. The van der Waals surface area contributed by atoms with Gasteiger partial charge >= 0.3 is 0 Å². The van der Waals surface area contributed by atoms with Gasteiger partial charge in [0.2, 0.25) is 5.91 Å². The molecular formula is C20H21N3O2S. The molecule has 4 rings (SSSR count). The van der Waals surface area contributed by atoms with Crippen molar-refractivity contribution in [1.82, 2.24) is 5.32 Å². The number of nitrogens with one attached hydrogen (secondary N) is 1. The first-order chi connectivity index (χ1) is 12.6. The number of benzene rings is 2. The van der Waals surface area contributed by atoms with E-state index >= 15 is 0 Å². The zero-order valence-electron chi connectivity index (χ0n) is 14.7. The highest BCUT2D eigenvalue weighted by Gasteiger charge is 2.25. The van der Waals surface area contributed by atoms with Crippen LogP contribution in [0.15, 0.2) is 42.5 Å². The van der Waals surface area contributed by atoms with E-state index in [1.165, 1.54) is 5.69 Å². The summed E-state index contributed by atoms with van der Waals surface area (Å²) in [5.41, 5.74) is 5.57. The molecule has 0 aliphatic carbocycles. The van der Waals surface area contributed by atoms with Gasteiger partial charge in [-0.1, -0.05) is 18.2 Å². The molecule has 2 fully saturated rings. The molecule has 0 unspecified atom stereocenters. The highest BCUT2D eigenvalue weighted by Crippen LogP contribution is 2.29. The number of hydrogen-bond donors (Lipinski definition) is 1. The van der Waals surface area contributed by atoms with Gasteiger partial charge in [-0.2, -0.15) is 0 Å². The van der Waals surface area contributed by atoms with E-state index in [-0.39, 0.29) is 12.5 Å². The molecule has 0 radical (unpaired) electrons. The van der Waals surface area contributed by atoms with Crippen LogP contribution in [0.5, 0.6) is 0 Å². The Morgan fingerprint density at radius 3 is 2.38 bits per heavy atom. The van der Waals surface area contributed by atoms with E-state index in [2.05, 4.69) is 59.6 Å². The molecule has 2 aromatic rings. The van der Waals surface area contributed by atoms with Gasteiger partial charge in [-0.15, -0.1) is 0 Å². The molecule has 2 aromatic carbocycles. The predicted molar refractivity (Wildman–Crippen MR) is 108 cm³/mol. The molecular weight excluding hydrogens is 346 g/mol. The summed E-state index contributed by atoms with van der Waals surface area (Å²) in [5, 5.41) is 3.16. The Hall–Kier alpha value is -2.44. The van der Waals surface area contributed by atoms with Crippen LogP contribution in [0.25, 0.3) is 11.1 Å². The second kappa shape index (κ2) is 7.05. The maximum Gasteiger partial charge on any atom is 0.246 e. The third kappa shape index (κ3) is 3.43. The first-order valence-electron chi connectivity index (χ1n) is 8.76. The molecule has 134 valence electrons. The number of thiocarbonyl (C=S) groups is 1. The first-order valence-corrected chi connectivity index (χ1v) is 9.17. The minimum Gasteiger partial charge on any atom is -0.378 e. The lowest BCUT2D eigenvalue weighted by Gasteiger charge is -2.29. The summed E-state index contributed by atoms with van der Waals surface area (Å²) >= 11 is 5.27. The standard InChI is InChI=1S/C20H21N3O2S/c1-14-10-16(12-18(11-14)23-13-19(24)21-20(23)26)15-2-4-17(5-3-15)22-6-8-25-9-7-22/h2-5,10-12H,6-9,13H2,1H3,(H,21,24,26). The lowest BCUT2D eigenvalue weighted by molar-refractivity contribution is -0.117. The van der Waals surface area contributed by atoms with Gasteiger partial charge in [-0.3, -0.25) is 4.79 Å². The van der Waals surface area contributed by atoms with Gasteiger partial charge < -0.3 is 19.9 Å². The minimum atomic E-state index is -0.0621. The van der Waals surface area contributed by atoms with Crippen molar-refractivity contribution < 1.29 is 9.53 Å². The summed E-state index contributed by atoms with van der Waals surface area (Å²) in [6.07, 6.45) is 0. The summed E-state index contributed by atoms with van der Waals surface area (Å²) in [6, 6.07) is 14.9. The normalized spacial score (nSPS) is 17.6. The molecule has 2 saturated heterocycles. The molecule has 0 saturated carbocycles. The average molecular weight is 367 g/mol. The molecule has 2 aliphatic heterocycles. The van der Waals surface area contributed by atoms with Gasteiger partial charge in [0.15, 0.2) is 5.11 Å². The van der Waals surface area contributed by atoms with E-state index in [4.69, 9.17) is 17.0 Å². The lowest BCUT2D eigenvalue weighted by atomic mass is 10.0. The molecule has 0 spiro atoms. The van der Waals surface area contributed by atoms with Crippen LogP contribution in [0, 0.1) is 6.92 Å². The number of hydrogen-bond acceptors (Lipinski definition) is 4. The Balaban J connectivity index is 1.61. The maximum atomic E-state index is 11.6. The molecule has 1 amide bonds. The Kier molecular flexibility index (Phi) is 4.61. The van der Waals surface area contributed by atoms with Gasteiger partial charge in [0, 0.05) is 24.5 Å². The van der Waals surface area contributed by atoms with E-state index in [1.54, 1.807) is 0 Å². The van der Waals surface area contributed by atoms with Crippen LogP contribution in [0.3, 0.4) is 0 Å². The number of anilines is 2. The van der Waals surface area contributed by atoms with Crippen LogP contribution in [0.2, 0.25) is 0 Å². The van der Waals surface area contributed by atoms with E-state index in [9.17, 15) is 4.79 Å². The van der Waals surface area contributed by atoms with E-state index in [0.717, 1.165) is 48.7 Å². The van der Waals surface area contributed by atoms with Crippen molar-refractivity contribution in [2.24, 2.45) is 0 Å². The van der Waals surface area contributed by atoms with Crippen LogP contribution in [-0.4, -0.2) is 43.9 Å². The number of carbonyl (C=O) groups excluding carboxylic acids is 1. The Labute approximate surface area is 158 Å². The summed E-state index contributed by atoms with van der Waals surface area (Å²) < 4.78 is 5.42. The van der Waals surface area contributed by atoms with Crippen LogP contribution in [0.4, 0.5) is 11.4 Å². The van der Waals surface area contributed by atoms with Gasteiger partial charge in [0.05, 0.1) is 13.2 Å². The Bertz CT molecular complexity index is 845. The van der Waals surface area contributed by atoms with E-state index in [0.29, 0.717) is 5.11 Å².